The number of halogens is 1. The van der Waals surface area contributed by atoms with Gasteiger partial charge in [-0.2, -0.15) is 0 Å². The molecule has 21 heavy (non-hydrogen) atoms. The number of ether oxygens (including phenoxy) is 2. The molecule has 2 rings (SSSR count). The highest BCUT2D eigenvalue weighted by Crippen LogP contribution is 2.23. The summed E-state index contributed by atoms with van der Waals surface area (Å²) in [6.45, 7) is 5.42. The molecule has 3 nitrogen and oxygen atoms in total. The van der Waals surface area contributed by atoms with Crippen LogP contribution in [0.3, 0.4) is 0 Å². The van der Waals surface area contributed by atoms with E-state index in [2.05, 4.69) is 5.32 Å². The van der Waals surface area contributed by atoms with Gasteiger partial charge in [-0.25, -0.2) is 4.39 Å². The third kappa shape index (κ3) is 4.12. The van der Waals surface area contributed by atoms with Crippen LogP contribution in [0.25, 0.3) is 0 Å². The second-order valence-corrected chi connectivity index (χ2v) is 4.47. The van der Waals surface area contributed by atoms with Gasteiger partial charge in [-0.05, 0) is 32.0 Å². The molecule has 0 saturated carbocycles. The van der Waals surface area contributed by atoms with Crippen LogP contribution in [0.2, 0.25) is 0 Å². The Morgan fingerprint density at radius 3 is 2.38 bits per heavy atom. The fraction of sp³-hybridized carbons (Fsp3) is 0.294. The molecule has 0 aliphatic carbocycles. The molecule has 0 saturated heterocycles. The van der Waals surface area contributed by atoms with Gasteiger partial charge in [0.15, 0.2) is 11.6 Å². The Kier molecular flexibility index (Phi) is 5.43. The van der Waals surface area contributed by atoms with Crippen molar-refractivity contribution in [2.45, 2.75) is 20.4 Å². The van der Waals surface area contributed by atoms with E-state index in [0.29, 0.717) is 25.4 Å². The number of hydrogen-bond donors (Lipinski definition) is 1. The summed E-state index contributed by atoms with van der Waals surface area (Å²) in [5, 5.41) is 3.19. The van der Waals surface area contributed by atoms with Gasteiger partial charge in [0.1, 0.15) is 5.75 Å². The molecule has 4 heteroatoms. The van der Waals surface area contributed by atoms with Gasteiger partial charge in [0.25, 0.3) is 0 Å². The molecule has 112 valence electrons. The summed E-state index contributed by atoms with van der Waals surface area (Å²) in [6.07, 6.45) is 0. The van der Waals surface area contributed by atoms with Crippen LogP contribution in [0.15, 0.2) is 42.5 Å². The van der Waals surface area contributed by atoms with Gasteiger partial charge in [0, 0.05) is 23.9 Å². The average molecular weight is 289 g/mol. The molecule has 0 radical (unpaired) electrons. The maximum Gasteiger partial charge on any atom is 0.167 e. The van der Waals surface area contributed by atoms with Gasteiger partial charge in [0.05, 0.1) is 13.2 Å². The first-order valence-corrected chi connectivity index (χ1v) is 7.11. The Morgan fingerprint density at radius 1 is 0.952 bits per heavy atom. The average Bonchev–Trinajstić information content (AvgIpc) is 2.49. The Hall–Kier alpha value is -2.23. The molecule has 0 aromatic heterocycles. The molecular weight excluding hydrogens is 269 g/mol. The number of nitrogens with one attached hydrogen (secondary N) is 1. The quantitative estimate of drug-likeness (QED) is 0.827. The van der Waals surface area contributed by atoms with E-state index in [1.807, 2.05) is 38.1 Å². The first-order valence-electron chi connectivity index (χ1n) is 7.11. The van der Waals surface area contributed by atoms with Crippen molar-refractivity contribution in [2.24, 2.45) is 0 Å². The van der Waals surface area contributed by atoms with Gasteiger partial charge >= 0.3 is 0 Å². The van der Waals surface area contributed by atoms with Crippen LogP contribution in [0.5, 0.6) is 11.5 Å². The maximum atomic E-state index is 13.8. The monoisotopic (exact) mass is 289 g/mol. The van der Waals surface area contributed by atoms with Crippen LogP contribution in [0, 0.1) is 5.82 Å². The third-order valence-electron chi connectivity index (χ3n) is 2.99. The minimum absolute atomic E-state index is 0.276. The molecule has 0 fully saturated rings. The lowest BCUT2D eigenvalue weighted by Crippen LogP contribution is -2.03. The van der Waals surface area contributed by atoms with Crippen molar-refractivity contribution in [1.82, 2.24) is 0 Å². The van der Waals surface area contributed by atoms with Crippen LogP contribution in [-0.4, -0.2) is 13.2 Å². The summed E-state index contributed by atoms with van der Waals surface area (Å²) >= 11 is 0. The van der Waals surface area contributed by atoms with Gasteiger partial charge in [-0.3, -0.25) is 0 Å². The standard InChI is InChI=1S/C17H20FNO2/c1-3-20-16-8-6-5-7-13(16)12-19-14-9-10-17(21-4-2)15(18)11-14/h5-11,19H,3-4,12H2,1-2H3. The van der Waals surface area contributed by atoms with Crippen molar-refractivity contribution in [2.75, 3.05) is 18.5 Å². The van der Waals surface area contributed by atoms with Crippen LogP contribution >= 0.6 is 0 Å². The zero-order valence-corrected chi connectivity index (χ0v) is 12.4. The largest absolute Gasteiger partial charge is 0.494 e. The SMILES string of the molecule is CCOc1ccc(NCc2ccccc2OCC)cc1F. The predicted molar refractivity (Wildman–Crippen MR) is 82.5 cm³/mol. The number of rotatable bonds is 7. The van der Waals surface area contributed by atoms with E-state index >= 15 is 0 Å². The summed E-state index contributed by atoms with van der Waals surface area (Å²) in [5.74, 6) is 0.761. The molecular formula is C17H20FNO2. The van der Waals surface area contributed by atoms with Crippen molar-refractivity contribution in [3.8, 4) is 11.5 Å². The molecule has 0 atom stereocenters. The Labute approximate surface area is 124 Å². The van der Waals surface area contributed by atoms with Crippen LogP contribution in [0.4, 0.5) is 10.1 Å². The highest BCUT2D eigenvalue weighted by molar-refractivity contribution is 5.48. The Balaban J connectivity index is 2.04. The molecule has 2 aromatic carbocycles. The fourth-order valence-corrected chi connectivity index (χ4v) is 2.03. The second kappa shape index (κ2) is 7.53. The molecule has 0 bridgehead atoms. The summed E-state index contributed by atoms with van der Waals surface area (Å²) < 4.78 is 24.5. The summed E-state index contributed by atoms with van der Waals surface area (Å²) in [6, 6.07) is 12.7. The number of benzene rings is 2. The lowest BCUT2D eigenvalue weighted by atomic mass is 10.2. The van der Waals surface area contributed by atoms with E-state index < -0.39 is 0 Å². The molecule has 2 aromatic rings. The molecule has 0 spiro atoms. The number of hydrogen-bond acceptors (Lipinski definition) is 3. The Morgan fingerprint density at radius 2 is 1.67 bits per heavy atom. The van der Waals surface area contributed by atoms with Crippen LogP contribution < -0.4 is 14.8 Å². The van der Waals surface area contributed by atoms with Crippen molar-refractivity contribution in [3.63, 3.8) is 0 Å². The van der Waals surface area contributed by atoms with Gasteiger partial charge in [0.2, 0.25) is 0 Å². The smallest absolute Gasteiger partial charge is 0.167 e. The van der Waals surface area contributed by atoms with Crippen molar-refractivity contribution >= 4 is 5.69 Å². The number of para-hydroxylation sites is 1. The zero-order chi connectivity index (χ0) is 15.1. The summed E-state index contributed by atoms with van der Waals surface area (Å²) in [7, 11) is 0. The van der Waals surface area contributed by atoms with E-state index in [1.165, 1.54) is 6.07 Å². The predicted octanol–water partition coefficient (Wildman–Crippen LogP) is 4.24. The van der Waals surface area contributed by atoms with Crippen molar-refractivity contribution in [3.05, 3.63) is 53.8 Å². The minimum atomic E-state index is -0.361. The molecule has 0 aliphatic rings. The molecule has 0 amide bonds. The second-order valence-electron chi connectivity index (χ2n) is 4.47. The topological polar surface area (TPSA) is 30.5 Å². The fourth-order valence-electron chi connectivity index (χ4n) is 2.03. The van der Waals surface area contributed by atoms with Gasteiger partial charge in [-0.15, -0.1) is 0 Å². The Bertz CT molecular complexity index is 587. The van der Waals surface area contributed by atoms with E-state index in [9.17, 15) is 4.39 Å². The van der Waals surface area contributed by atoms with E-state index in [0.717, 1.165) is 11.3 Å². The van der Waals surface area contributed by atoms with E-state index in [1.54, 1.807) is 12.1 Å². The molecule has 1 N–H and O–H groups in total. The van der Waals surface area contributed by atoms with Crippen molar-refractivity contribution in [1.29, 1.82) is 0 Å². The lowest BCUT2D eigenvalue weighted by molar-refractivity contribution is 0.321. The molecule has 0 heterocycles. The third-order valence-corrected chi connectivity index (χ3v) is 2.99. The summed E-state index contributed by atoms with van der Waals surface area (Å²) in [5.41, 5.74) is 1.75. The first kappa shape index (κ1) is 15.2. The van der Waals surface area contributed by atoms with E-state index in [4.69, 9.17) is 9.47 Å². The number of anilines is 1. The van der Waals surface area contributed by atoms with Crippen LogP contribution in [0.1, 0.15) is 19.4 Å². The first-order chi connectivity index (χ1) is 10.2. The molecule has 0 aliphatic heterocycles. The van der Waals surface area contributed by atoms with Crippen LogP contribution in [-0.2, 0) is 6.54 Å². The van der Waals surface area contributed by atoms with Crippen molar-refractivity contribution < 1.29 is 13.9 Å². The normalized spacial score (nSPS) is 10.2. The lowest BCUT2D eigenvalue weighted by Gasteiger charge is -2.12. The highest BCUT2D eigenvalue weighted by atomic mass is 19.1. The van der Waals surface area contributed by atoms with E-state index in [-0.39, 0.29) is 11.6 Å². The summed E-state index contributed by atoms with van der Waals surface area (Å²) in [4.78, 5) is 0. The highest BCUT2D eigenvalue weighted by Gasteiger charge is 2.06. The molecule has 0 unspecified atom stereocenters. The van der Waals surface area contributed by atoms with Gasteiger partial charge in [-0.1, -0.05) is 18.2 Å². The maximum absolute atomic E-state index is 13.8. The zero-order valence-electron chi connectivity index (χ0n) is 12.4. The van der Waals surface area contributed by atoms with Gasteiger partial charge < -0.3 is 14.8 Å². The minimum Gasteiger partial charge on any atom is -0.494 e.